The summed E-state index contributed by atoms with van der Waals surface area (Å²) in [5.74, 6) is 1.51. The van der Waals surface area contributed by atoms with Gasteiger partial charge in [0.1, 0.15) is 5.82 Å². The average molecular weight is 261 g/mol. The molecule has 2 aromatic heterocycles. The van der Waals surface area contributed by atoms with Crippen molar-refractivity contribution in [3.8, 4) is 0 Å². The molecule has 3 aromatic rings. The Morgan fingerprint density at radius 1 is 1.37 bits per heavy atom. The third-order valence-corrected chi connectivity index (χ3v) is 2.65. The molecule has 0 atom stereocenters. The van der Waals surface area contributed by atoms with Crippen LogP contribution in [0.1, 0.15) is 11.7 Å². The summed E-state index contributed by atoms with van der Waals surface area (Å²) in [6.45, 7) is 2.36. The number of hydrogen-bond donors (Lipinski definition) is 2. The molecule has 0 fully saturated rings. The fourth-order valence-corrected chi connectivity index (χ4v) is 1.80. The van der Waals surface area contributed by atoms with Crippen molar-refractivity contribution in [3.05, 3.63) is 35.7 Å². The summed E-state index contributed by atoms with van der Waals surface area (Å²) in [6, 6.07) is 4.43. The highest BCUT2D eigenvalue weighted by molar-refractivity contribution is 5.77. The van der Waals surface area contributed by atoms with Gasteiger partial charge in [0, 0.05) is 19.9 Å². The molecule has 2 N–H and O–H groups in total. The summed E-state index contributed by atoms with van der Waals surface area (Å²) in [6.07, 6.45) is 0.628. The second-order valence-electron chi connectivity index (χ2n) is 4.15. The van der Waals surface area contributed by atoms with Crippen LogP contribution in [0.4, 0.5) is 10.3 Å². The van der Waals surface area contributed by atoms with Gasteiger partial charge in [-0.3, -0.25) is 0 Å². The zero-order chi connectivity index (χ0) is 13.2. The van der Waals surface area contributed by atoms with Crippen LogP contribution < -0.4 is 5.32 Å². The Labute approximate surface area is 108 Å². The van der Waals surface area contributed by atoms with E-state index in [1.807, 2.05) is 0 Å². The van der Waals surface area contributed by atoms with Crippen molar-refractivity contribution in [2.24, 2.45) is 0 Å². The van der Waals surface area contributed by atoms with E-state index in [1.54, 1.807) is 13.0 Å². The Bertz CT molecular complexity index is 705. The first-order valence-corrected chi connectivity index (χ1v) is 5.89. The van der Waals surface area contributed by atoms with Gasteiger partial charge in [-0.25, -0.2) is 9.37 Å². The summed E-state index contributed by atoms with van der Waals surface area (Å²) in [4.78, 5) is 11.4. The maximum absolute atomic E-state index is 13.0. The molecular formula is C12H12FN5O. The number of nitrogens with zero attached hydrogens (tertiary/aromatic N) is 3. The molecule has 3 rings (SSSR count). The molecule has 0 radical (unpaired) electrons. The lowest BCUT2D eigenvalue weighted by molar-refractivity contribution is 0.387. The molecule has 0 aliphatic carbocycles. The highest BCUT2D eigenvalue weighted by Crippen LogP contribution is 2.15. The molecular weight excluding hydrogens is 249 g/mol. The summed E-state index contributed by atoms with van der Waals surface area (Å²) in [5, 5.41) is 6.90. The molecule has 0 aliphatic rings. The number of benzene rings is 1. The van der Waals surface area contributed by atoms with E-state index in [2.05, 4.69) is 25.4 Å². The lowest BCUT2D eigenvalue weighted by Crippen LogP contribution is -2.07. The molecule has 0 aliphatic heterocycles. The van der Waals surface area contributed by atoms with Gasteiger partial charge in [-0.1, -0.05) is 5.16 Å². The van der Waals surface area contributed by atoms with Gasteiger partial charge < -0.3 is 14.8 Å². The van der Waals surface area contributed by atoms with E-state index in [9.17, 15) is 4.39 Å². The molecule has 0 spiro atoms. The third-order valence-electron chi connectivity index (χ3n) is 2.65. The van der Waals surface area contributed by atoms with Gasteiger partial charge in [-0.05, 0) is 18.2 Å². The molecule has 6 nitrogen and oxygen atoms in total. The first kappa shape index (κ1) is 11.6. The maximum Gasteiger partial charge on any atom is 0.223 e. The number of aromatic nitrogens is 4. The van der Waals surface area contributed by atoms with Gasteiger partial charge >= 0.3 is 0 Å². The maximum atomic E-state index is 13.0. The summed E-state index contributed by atoms with van der Waals surface area (Å²) < 4.78 is 17.9. The number of H-pyrrole nitrogens is 1. The van der Waals surface area contributed by atoms with Crippen LogP contribution in [-0.4, -0.2) is 26.7 Å². The number of rotatable bonds is 4. The SMILES string of the molecule is Cc1nc(CCNc2nc3ccc(F)cc3[nH]2)no1. The second kappa shape index (κ2) is 4.68. The lowest BCUT2D eigenvalue weighted by Gasteiger charge is -1.98. The van der Waals surface area contributed by atoms with Crippen LogP contribution in [0.2, 0.25) is 0 Å². The van der Waals surface area contributed by atoms with Crippen LogP contribution in [-0.2, 0) is 6.42 Å². The van der Waals surface area contributed by atoms with Crippen LogP contribution in [0.3, 0.4) is 0 Å². The Hall–Kier alpha value is -2.44. The molecule has 0 unspecified atom stereocenters. The summed E-state index contributed by atoms with van der Waals surface area (Å²) >= 11 is 0. The molecule has 0 amide bonds. The van der Waals surface area contributed by atoms with E-state index in [1.165, 1.54) is 12.1 Å². The second-order valence-corrected chi connectivity index (χ2v) is 4.15. The van der Waals surface area contributed by atoms with Crippen LogP contribution in [0, 0.1) is 12.7 Å². The third kappa shape index (κ3) is 2.54. The number of halogens is 1. The van der Waals surface area contributed by atoms with Gasteiger partial charge in [-0.2, -0.15) is 4.98 Å². The number of aryl methyl sites for hydroxylation is 1. The van der Waals surface area contributed by atoms with E-state index < -0.39 is 0 Å². The van der Waals surface area contributed by atoms with Crippen molar-refractivity contribution in [2.75, 3.05) is 11.9 Å². The lowest BCUT2D eigenvalue weighted by atomic mass is 10.3. The summed E-state index contributed by atoms with van der Waals surface area (Å²) in [5.41, 5.74) is 1.39. The number of imidazole rings is 1. The molecule has 0 bridgehead atoms. The fraction of sp³-hybridized carbons (Fsp3) is 0.250. The average Bonchev–Trinajstić information content (AvgIpc) is 2.95. The molecule has 0 saturated carbocycles. The van der Waals surface area contributed by atoms with Crippen LogP contribution in [0.15, 0.2) is 22.7 Å². The molecule has 19 heavy (non-hydrogen) atoms. The van der Waals surface area contributed by atoms with Crippen LogP contribution >= 0.6 is 0 Å². The largest absolute Gasteiger partial charge is 0.355 e. The van der Waals surface area contributed by atoms with Gasteiger partial charge in [0.15, 0.2) is 5.82 Å². The standard InChI is InChI=1S/C12H12FN5O/c1-7-15-11(18-19-7)4-5-14-12-16-9-3-2-8(13)6-10(9)17-12/h2-3,6H,4-5H2,1H3,(H2,14,16,17). The predicted octanol–water partition coefficient (Wildman–Crippen LogP) is 2.05. The number of aromatic amines is 1. The Morgan fingerprint density at radius 2 is 2.26 bits per heavy atom. The highest BCUT2D eigenvalue weighted by Gasteiger charge is 2.05. The van der Waals surface area contributed by atoms with Crippen molar-refractivity contribution in [1.82, 2.24) is 20.1 Å². The van der Waals surface area contributed by atoms with Gasteiger partial charge in [0.2, 0.25) is 11.8 Å². The van der Waals surface area contributed by atoms with Crippen molar-refractivity contribution in [2.45, 2.75) is 13.3 Å². The predicted molar refractivity (Wildman–Crippen MR) is 67.3 cm³/mol. The van der Waals surface area contributed by atoms with E-state index in [4.69, 9.17) is 4.52 Å². The smallest absolute Gasteiger partial charge is 0.223 e. The first-order valence-electron chi connectivity index (χ1n) is 5.89. The molecule has 7 heteroatoms. The topological polar surface area (TPSA) is 79.6 Å². The molecule has 0 saturated heterocycles. The molecule has 1 aromatic carbocycles. The Kier molecular flexibility index (Phi) is 2.86. The van der Waals surface area contributed by atoms with Crippen LogP contribution in [0.25, 0.3) is 11.0 Å². The van der Waals surface area contributed by atoms with Gasteiger partial charge in [-0.15, -0.1) is 0 Å². The van der Waals surface area contributed by atoms with E-state index in [0.29, 0.717) is 36.1 Å². The van der Waals surface area contributed by atoms with E-state index >= 15 is 0 Å². The fourth-order valence-electron chi connectivity index (χ4n) is 1.80. The van der Waals surface area contributed by atoms with Crippen LogP contribution in [0.5, 0.6) is 0 Å². The Balaban J connectivity index is 1.65. The number of nitrogens with one attached hydrogen (secondary N) is 2. The van der Waals surface area contributed by atoms with Crippen molar-refractivity contribution < 1.29 is 8.91 Å². The van der Waals surface area contributed by atoms with Gasteiger partial charge in [0.05, 0.1) is 11.0 Å². The minimum absolute atomic E-state index is 0.287. The van der Waals surface area contributed by atoms with Crippen molar-refractivity contribution >= 4 is 17.0 Å². The normalized spacial score (nSPS) is 11.1. The summed E-state index contributed by atoms with van der Waals surface area (Å²) in [7, 11) is 0. The van der Waals surface area contributed by atoms with E-state index in [0.717, 1.165) is 5.52 Å². The molecule has 98 valence electrons. The number of fused-ring (bicyclic) bond motifs is 1. The zero-order valence-corrected chi connectivity index (χ0v) is 10.3. The quantitative estimate of drug-likeness (QED) is 0.751. The van der Waals surface area contributed by atoms with Crippen molar-refractivity contribution in [1.29, 1.82) is 0 Å². The van der Waals surface area contributed by atoms with Gasteiger partial charge in [0.25, 0.3) is 0 Å². The van der Waals surface area contributed by atoms with Crippen molar-refractivity contribution in [3.63, 3.8) is 0 Å². The zero-order valence-electron chi connectivity index (χ0n) is 10.3. The Morgan fingerprint density at radius 3 is 3.05 bits per heavy atom. The number of hydrogen-bond acceptors (Lipinski definition) is 5. The minimum Gasteiger partial charge on any atom is -0.355 e. The monoisotopic (exact) mass is 261 g/mol. The first-order chi connectivity index (χ1) is 9.20. The molecule has 2 heterocycles. The minimum atomic E-state index is -0.287. The number of anilines is 1. The highest BCUT2D eigenvalue weighted by atomic mass is 19.1. The van der Waals surface area contributed by atoms with E-state index in [-0.39, 0.29) is 5.82 Å².